The summed E-state index contributed by atoms with van der Waals surface area (Å²) in [4.78, 5) is 9.03. The molecule has 0 amide bonds. The van der Waals surface area contributed by atoms with Gasteiger partial charge in [0.2, 0.25) is 0 Å². The summed E-state index contributed by atoms with van der Waals surface area (Å²) in [5.41, 5.74) is 0. The van der Waals surface area contributed by atoms with E-state index in [1.807, 2.05) is 0 Å². The molecule has 11 heavy (non-hydrogen) atoms. The van der Waals surface area contributed by atoms with Gasteiger partial charge in [0, 0.05) is 0 Å². The Morgan fingerprint density at radius 1 is 0.909 bits per heavy atom. The Bertz CT molecular complexity index is 134. The van der Waals surface area contributed by atoms with E-state index in [0.717, 1.165) is 5.29 Å². The second kappa shape index (κ2) is 2.55. The summed E-state index contributed by atoms with van der Waals surface area (Å²) >= 11 is 0. The highest BCUT2D eigenvalue weighted by Crippen LogP contribution is 2.33. The van der Waals surface area contributed by atoms with Crippen molar-refractivity contribution in [2.45, 2.75) is 12.6 Å². The Balaban J connectivity index is 4.56. The van der Waals surface area contributed by atoms with Crippen LogP contribution in [-0.2, 0) is 0 Å². The van der Waals surface area contributed by atoms with Crippen molar-refractivity contribution in [2.75, 3.05) is 0 Å². The smallest absolute Gasteiger partial charge is 0.149 e. The van der Waals surface area contributed by atoms with E-state index in [9.17, 15) is 26.3 Å². The van der Waals surface area contributed by atoms with E-state index in [0.29, 0.717) is 0 Å². The molecule has 0 unspecified atom stereocenters. The van der Waals surface area contributed by atoms with E-state index in [1.165, 1.54) is 0 Å². The first-order chi connectivity index (χ1) is 4.69. The maximum Gasteiger partial charge on any atom is 0.510 e. The summed E-state index contributed by atoms with van der Waals surface area (Å²) in [6.45, 7) is 0. The Morgan fingerprint density at radius 3 is 1.18 bits per heavy atom. The van der Waals surface area contributed by atoms with Crippen molar-refractivity contribution in [2.24, 2.45) is 5.29 Å². The molecule has 0 bridgehead atoms. The number of hydrogen-bond donors (Lipinski definition) is 0. The number of alkyl halides is 6. The van der Waals surface area contributed by atoms with Gasteiger partial charge in [0.15, 0.2) is 0 Å². The van der Waals surface area contributed by atoms with Crippen LogP contribution in [0.3, 0.4) is 0 Å². The largest absolute Gasteiger partial charge is 0.510 e. The Hall–Kier alpha value is -1.02. The summed E-state index contributed by atoms with van der Waals surface area (Å²) in [6.07, 6.45) is -11.6. The van der Waals surface area contributed by atoms with Gasteiger partial charge in [0.25, 0.3) is 0 Å². The maximum atomic E-state index is 11.1. The molecule has 0 aliphatic carbocycles. The molecule has 0 atom stereocenters. The fraction of sp³-hybridized carbons (Fsp3) is 1.00. The lowest BCUT2D eigenvalue weighted by atomic mass is 10.9. The standard InChI is InChI=1S/C2F6N2O/c3-1(4,5)10(9-11)2(6,7)8. The van der Waals surface area contributed by atoms with Crippen LogP contribution >= 0.6 is 0 Å². The Kier molecular flexibility index (Phi) is 2.31. The van der Waals surface area contributed by atoms with Gasteiger partial charge in [-0.2, -0.15) is 0 Å². The lowest BCUT2D eigenvalue weighted by Crippen LogP contribution is -2.43. The molecule has 0 spiro atoms. The lowest BCUT2D eigenvalue weighted by Gasteiger charge is -2.19. The number of hydrogen-bond acceptors (Lipinski definition) is 2. The summed E-state index contributed by atoms with van der Waals surface area (Å²) in [5, 5.41) is -1.67. The van der Waals surface area contributed by atoms with E-state index >= 15 is 0 Å². The van der Waals surface area contributed by atoms with Gasteiger partial charge in [-0.3, -0.25) is 0 Å². The van der Waals surface area contributed by atoms with Gasteiger partial charge < -0.3 is 0 Å². The second-order valence-electron chi connectivity index (χ2n) is 1.33. The van der Waals surface area contributed by atoms with Gasteiger partial charge in [-0.1, -0.05) is 5.01 Å². The van der Waals surface area contributed by atoms with Gasteiger partial charge >= 0.3 is 12.6 Å². The third-order valence-corrected chi connectivity index (χ3v) is 0.562. The number of halogens is 6. The average molecular weight is 182 g/mol. The maximum absolute atomic E-state index is 11.1. The number of nitroso groups, excluding NO2 is 1. The first-order valence-electron chi connectivity index (χ1n) is 1.96. The van der Waals surface area contributed by atoms with Crippen LogP contribution in [0.2, 0.25) is 0 Å². The second-order valence-corrected chi connectivity index (χ2v) is 1.33. The zero-order valence-corrected chi connectivity index (χ0v) is 4.57. The minimum atomic E-state index is -5.82. The SMILES string of the molecule is O=NN(C(F)(F)F)C(F)(F)F. The topological polar surface area (TPSA) is 32.7 Å². The summed E-state index contributed by atoms with van der Waals surface area (Å²) < 4.78 is 66.8. The first kappa shape index (κ1) is 9.98. The third-order valence-electron chi connectivity index (χ3n) is 0.562. The van der Waals surface area contributed by atoms with Gasteiger partial charge in [0.1, 0.15) is 0 Å². The van der Waals surface area contributed by atoms with Crippen molar-refractivity contribution in [1.82, 2.24) is 5.01 Å². The summed E-state index contributed by atoms with van der Waals surface area (Å²) in [5.74, 6) is 0. The van der Waals surface area contributed by atoms with Crippen LogP contribution in [0.25, 0.3) is 0 Å². The molecule has 0 aromatic rings. The van der Waals surface area contributed by atoms with E-state index in [1.54, 1.807) is 0 Å². The molecule has 0 radical (unpaired) electrons. The Labute approximate surface area is 55.5 Å². The molecule has 0 aromatic carbocycles. The molecule has 0 N–H and O–H groups in total. The van der Waals surface area contributed by atoms with Crippen LogP contribution in [0.5, 0.6) is 0 Å². The average Bonchev–Trinajstić information content (AvgIpc) is 1.56. The van der Waals surface area contributed by atoms with Crippen molar-refractivity contribution in [3.63, 3.8) is 0 Å². The number of rotatable bonds is 1. The fourth-order valence-corrected chi connectivity index (χ4v) is 0.236. The normalized spacial score (nSPS) is 12.9. The molecule has 0 saturated carbocycles. The molecule has 0 aromatic heterocycles. The van der Waals surface area contributed by atoms with Gasteiger partial charge in [-0.05, 0) is 0 Å². The minimum absolute atomic E-state index is 0.764. The fourth-order valence-electron chi connectivity index (χ4n) is 0.236. The highest BCUT2D eigenvalue weighted by molar-refractivity contribution is 4.55. The first-order valence-corrected chi connectivity index (χ1v) is 1.96. The van der Waals surface area contributed by atoms with Crippen molar-refractivity contribution in [1.29, 1.82) is 0 Å². The van der Waals surface area contributed by atoms with E-state index < -0.39 is 17.6 Å². The van der Waals surface area contributed by atoms with Crippen LogP contribution < -0.4 is 0 Å². The van der Waals surface area contributed by atoms with Crippen LogP contribution in [0.15, 0.2) is 5.29 Å². The highest BCUT2D eigenvalue weighted by atomic mass is 19.4. The van der Waals surface area contributed by atoms with Crippen LogP contribution in [0.1, 0.15) is 0 Å². The molecule has 3 nitrogen and oxygen atoms in total. The van der Waals surface area contributed by atoms with Gasteiger partial charge in [-0.15, -0.1) is 31.2 Å². The monoisotopic (exact) mass is 182 g/mol. The molecular formula is C2F6N2O. The van der Waals surface area contributed by atoms with E-state index in [4.69, 9.17) is 4.91 Å². The molecular weight excluding hydrogens is 182 g/mol. The predicted molar refractivity (Wildman–Crippen MR) is 19.7 cm³/mol. The van der Waals surface area contributed by atoms with Crippen LogP contribution in [0.4, 0.5) is 26.3 Å². The summed E-state index contributed by atoms with van der Waals surface area (Å²) in [6, 6.07) is 0. The minimum Gasteiger partial charge on any atom is -0.149 e. The summed E-state index contributed by atoms with van der Waals surface area (Å²) in [7, 11) is 0. The van der Waals surface area contributed by atoms with Crippen molar-refractivity contribution in [3.8, 4) is 0 Å². The number of nitrogens with zero attached hydrogens (tertiary/aromatic N) is 2. The molecule has 0 fully saturated rings. The molecule has 0 aliphatic heterocycles. The molecule has 0 aliphatic rings. The quantitative estimate of drug-likeness (QED) is 0.269. The van der Waals surface area contributed by atoms with Crippen molar-refractivity contribution >= 4 is 0 Å². The molecule has 9 heteroatoms. The molecule has 66 valence electrons. The van der Waals surface area contributed by atoms with Crippen molar-refractivity contribution in [3.05, 3.63) is 4.91 Å². The zero-order valence-electron chi connectivity index (χ0n) is 4.57. The Morgan fingerprint density at radius 2 is 1.18 bits per heavy atom. The van der Waals surface area contributed by atoms with E-state index in [-0.39, 0.29) is 0 Å². The van der Waals surface area contributed by atoms with Gasteiger partial charge in [0.05, 0.1) is 5.29 Å². The van der Waals surface area contributed by atoms with Crippen LogP contribution in [0, 0.1) is 4.91 Å². The molecule has 0 saturated heterocycles. The van der Waals surface area contributed by atoms with E-state index in [2.05, 4.69) is 0 Å². The zero-order chi connectivity index (χ0) is 9.28. The van der Waals surface area contributed by atoms with Gasteiger partial charge in [-0.25, -0.2) is 0 Å². The van der Waals surface area contributed by atoms with Crippen LogP contribution in [-0.4, -0.2) is 17.6 Å². The van der Waals surface area contributed by atoms with Crippen molar-refractivity contribution < 1.29 is 26.3 Å². The lowest BCUT2D eigenvalue weighted by molar-refractivity contribution is -0.374. The third kappa shape index (κ3) is 2.60. The molecule has 0 heterocycles. The highest BCUT2D eigenvalue weighted by Gasteiger charge is 2.55. The molecule has 0 rings (SSSR count). The predicted octanol–water partition coefficient (Wildman–Crippen LogP) is 2.01.